The summed E-state index contributed by atoms with van der Waals surface area (Å²) >= 11 is 0. The summed E-state index contributed by atoms with van der Waals surface area (Å²) < 4.78 is 0. The minimum absolute atomic E-state index is 0.0574. The number of carbonyl (C=O) groups excluding carboxylic acids is 1. The van der Waals surface area contributed by atoms with Gasteiger partial charge in [0.15, 0.2) is 0 Å². The first kappa shape index (κ1) is 15.7. The summed E-state index contributed by atoms with van der Waals surface area (Å²) in [6, 6.07) is -0.0591. The molecule has 1 aliphatic heterocycles. The predicted molar refractivity (Wildman–Crippen MR) is 77.2 cm³/mol. The van der Waals surface area contributed by atoms with E-state index in [2.05, 4.69) is 23.6 Å². The molecule has 2 aliphatic rings. The third-order valence-electron chi connectivity index (χ3n) is 4.61. The molecular weight excluding hydrogens is 256 g/mol. The van der Waals surface area contributed by atoms with Crippen LogP contribution in [0.1, 0.15) is 33.1 Å². The highest BCUT2D eigenvalue weighted by molar-refractivity contribution is 5.77. The minimum Gasteiger partial charge on any atom is -0.395 e. The van der Waals surface area contributed by atoms with Crippen LogP contribution in [0.25, 0.3) is 0 Å². The van der Waals surface area contributed by atoms with Crippen molar-refractivity contribution in [1.29, 1.82) is 0 Å². The molecule has 2 N–H and O–H groups in total. The summed E-state index contributed by atoms with van der Waals surface area (Å²) in [5.74, 6) is 1.31. The summed E-state index contributed by atoms with van der Waals surface area (Å²) in [6.07, 6.45) is 2.98. The summed E-state index contributed by atoms with van der Waals surface area (Å²) in [5.41, 5.74) is 0. The van der Waals surface area contributed by atoms with Gasteiger partial charge in [0.25, 0.3) is 0 Å². The maximum atomic E-state index is 12.4. The van der Waals surface area contributed by atoms with Gasteiger partial charge in [0.1, 0.15) is 0 Å². The van der Waals surface area contributed by atoms with Crippen LogP contribution in [0.4, 0.5) is 0 Å². The van der Waals surface area contributed by atoms with Gasteiger partial charge in [-0.2, -0.15) is 0 Å². The lowest BCUT2D eigenvalue weighted by atomic mass is 10.0. The predicted octanol–water partition coefficient (Wildman–Crippen LogP) is 0.309. The Morgan fingerprint density at radius 1 is 1.25 bits per heavy atom. The second kappa shape index (κ2) is 6.87. The van der Waals surface area contributed by atoms with Crippen LogP contribution in [0.15, 0.2) is 0 Å². The van der Waals surface area contributed by atoms with E-state index in [0.717, 1.165) is 13.1 Å². The molecule has 5 heteroatoms. The van der Waals surface area contributed by atoms with Crippen molar-refractivity contribution in [1.82, 2.24) is 9.80 Å². The zero-order valence-electron chi connectivity index (χ0n) is 12.7. The molecule has 0 aromatic carbocycles. The largest absolute Gasteiger partial charge is 0.395 e. The van der Waals surface area contributed by atoms with Gasteiger partial charge in [0, 0.05) is 32.1 Å². The normalized spacial score (nSPS) is 25.6. The molecule has 0 aromatic heterocycles. The summed E-state index contributed by atoms with van der Waals surface area (Å²) in [4.78, 5) is 16.6. The number of hydrogen-bond donors (Lipinski definition) is 2. The SMILES string of the molecule is CC(C)C1CN(C(CO)CO)CCC(=O)N1CC1CC1. The Balaban J connectivity index is 2.10. The zero-order chi connectivity index (χ0) is 14.7. The Labute approximate surface area is 121 Å². The lowest BCUT2D eigenvalue weighted by Crippen LogP contribution is -2.50. The van der Waals surface area contributed by atoms with Gasteiger partial charge < -0.3 is 15.1 Å². The number of nitrogens with zero attached hydrogens (tertiary/aromatic N) is 2. The van der Waals surface area contributed by atoms with Crippen molar-refractivity contribution >= 4 is 5.91 Å². The van der Waals surface area contributed by atoms with Crippen LogP contribution in [0.5, 0.6) is 0 Å². The fourth-order valence-electron chi connectivity index (χ4n) is 3.00. The molecule has 116 valence electrons. The Morgan fingerprint density at radius 3 is 2.40 bits per heavy atom. The van der Waals surface area contributed by atoms with Crippen molar-refractivity contribution < 1.29 is 15.0 Å². The average molecular weight is 284 g/mol. The molecule has 1 aliphatic carbocycles. The number of hydrogen-bond acceptors (Lipinski definition) is 4. The molecule has 1 amide bonds. The standard InChI is InChI=1S/C15H28N2O3/c1-11(2)14-8-16(13(9-18)10-19)6-5-15(20)17(14)7-12-3-4-12/h11-14,18-19H,3-10H2,1-2H3. The van der Waals surface area contributed by atoms with Gasteiger partial charge in [-0.15, -0.1) is 0 Å². The molecule has 0 radical (unpaired) electrons. The van der Waals surface area contributed by atoms with E-state index in [-0.39, 0.29) is 31.2 Å². The maximum Gasteiger partial charge on any atom is 0.224 e. The quantitative estimate of drug-likeness (QED) is 0.737. The summed E-state index contributed by atoms with van der Waals surface area (Å²) in [7, 11) is 0. The Hall–Kier alpha value is -0.650. The van der Waals surface area contributed by atoms with Gasteiger partial charge in [-0.3, -0.25) is 9.69 Å². The molecule has 1 unspecified atom stereocenters. The first-order chi connectivity index (χ1) is 9.56. The fourth-order valence-corrected chi connectivity index (χ4v) is 3.00. The minimum atomic E-state index is -0.245. The Bertz CT molecular complexity index is 327. The van der Waals surface area contributed by atoms with Crippen molar-refractivity contribution in [2.75, 3.05) is 32.8 Å². The molecule has 1 atom stereocenters. The van der Waals surface area contributed by atoms with Gasteiger partial charge in [-0.1, -0.05) is 13.8 Å². The second-order valence-electron chi connectivity index (χ2n) is 6.56. The average Bonchev–Trinajstić information content (AvgIpc) is 3.23. The van der Waals surface area contributed by atoms with Crippen LogP contribution >= 0.6 is 0 Å². The molecule has 0 spiro atoms. The highest BCUT2D eigenvalue weighted by atomic mass is 16.3. The van der Waals surface area contributed by atoms with Gasteiger partial charge in [-0.05, 0) is 24.7 Å². The van der Waals surface area contributed by atoms with Gasteiger partial charge >= 0.3 is 0 Å². The van der Waals surface area contributed by atoms with E-state index in [4.69, 9.17) is 0 Å². The van der Waals surface area contributed by atoms with Gasteiger partial charge in [-0.25, -0.2) is 0 Å². The third kappa shape index (κ3) is 3.71. The fraction of sp³-hybridized carbons (Fsp3) is 0.933. The highest BCUT2D eigenvalue weighted by Crippen LogP contribution is 2.32. The number of carbonyl (C=O) groups is 1. The smallest absolute Gasteiger partial charge is 0.224 e. The zero-order valence-corrected chi connectivity index (χ0v) is 12.7. The van der Waals surface area contributed by atoms with Crippen molar-refractivity contribution in [3.05, 3.63) is 0 Å². The highest BCUT2D eigenvalue weighted by Gasteiger charge is 2.36. The molecule has 5 nitrogen and oxygen atoms in total. The van der Waals surface area contributed by atoms with Crippen LogP contribution < -0.4 is 0 Å². The number of aliphatic hydroxyl groups is 2. The topological polar surface area (TPSA) is 64.0 Å². The van der Waals surface area contributed by atoms with E-state index < -0.39 is 0 Å². The number of aliphatic hydroxyl groups excluding tert-OH is 2. The molecular formula is C15H28N2O3. The molecule has 0 aromatic rings. The monoisotopic (exact) mass is 284 g/mol. The molecule has 1 saturated carbocycles. The van der Waals surface area contributed by atoms with E-state index in [9.17, 15) is 15.0 Å². The maximum absolute atomic E-state index is 12.4. The number of rotatable bonds is 6. The van der Waals surface area contributed by atoms with Crippen LogP contribution in [-0.2, 0) is 4.79 Å². The third-order valence-corrected chi connectivity index (χ3v) is 4.61. The van der Waals surface area contributed by atoms with E-state index >= 15 is 0 Å². The summed E-state index contributed by atoms with van der Waals surface area (Å²) in [6.45, 7) is 6.45. The first-order valence-corrected chi connectivity index (χ1v) is 7.82. The van der Waals surface area contributed by atoms with Crippen LogP contribution in [-0.4, -0.2) is 70.9 Å². The molecule has 2 fully saturated rings. The molecule has 0 bridgehead atoms. The van der Waals surface area contributed by atoms with Gasteiger partial charge in [0.05, 0.1) is 19.3 Å². The summed E-state index contributed by atoms with van der Waals surface area (Å²) in [5, 5.41) is 18.8. The van der Waals surface area contributed by atoms with Crippen molar-refractivity contribution in [3.8, 4) is 0 Å². The molecule has 2 rings (SSSR count). The lowest BCUT2D eigenvalue weighted by molar-refractivity contribution is -0.133. The van der Waals surface area contributed by atoms with Crippen LogP contribution in [0.2, 0.25) is 0 Å². The van der Waals surface area contributed by atoms with Gasteiger partial charge in [0.2, 0.25) is 5.91 Å². The molecule has 1 heterocycles. The van der Waals surface area contributed by atoms with E-state index in [0.29, 0.717) is 24.8 Å². The van der Waals surface area contributed by atoms with Crippen LogP contribution in [0, 0.1) is 11.8 Å². The first-order valence-electron chi connectivity index (χ1n) is 7.82. The molecule has 1 saturated heterocycles. The number of amides is 1. The molecule has 20 heavy (non-hydrogen) atoms. The lowest BCUT2D eigenvalue weighted by Gasteiger charge is -2.36. The van der Waals surface area contributed by atoms with E-state index in [1.165, 1.54) is 12.8 Å². The Morgan fingerprint density at radius 2 is 1.90 bits per heavy atom. The van der Waals surface area contributed by atoms with Crippen LogP contribution in [0.3, 0.4) is 0 Å². The Kier molecular flexibility index (Phi) is 5.41. The van der Waals surface area contributed by atoms with E-state index in [1.807, 2.05) is 0 Å². The van der Waals surface area contributed by atoms with Crippen molar-refractivity contribution in [3.63, 3.8) is 0 Å². The van der Waals surface area contributed by atoms with Crippen molar-refractivity contribution in [2.24, 2.45) is 11.8 Å². The van der Waals surface area contributed by atoms with Crippen molar-refractivity contribution in [2.45, 2.75) is 45.2 Å². The second-order valence-corrected chi connectivity index (χ2v) is 6.56. The van der Waals surface area contributed by atoms with E-state index in [1.54, 1.807) is 0 Å².